The lowest BCUT2D eigenvalue weighted by atomic mass is 10.2. The van der Waals surface area contributed by atoms with Crippen molar-refractivity contribution in [3.05, 3.63) is 40.8 Å². The Morgan fingerprint density at radius 3 is 2.95 bits per heavy atom. The van der Waals surface area contributed by atoms with Crippen molar-refractivity contribution in [2.24, 2.45) is 0 Å². The van der Waals surface area contributed by atoms with Crippen molar-refractivity contribution >= 4 is 34.4 Å². The van der Waals surface area contributed by atoms with Crippen LogP contribution in [-0.2, 0) is 6.42 Å². The van der Waals surface area contributed by atoms with Gasteiger partial charge in [0.15, 0.2) is 5.16 Å². The summed E-state index contributed by atoms with van der Waals surface area (Å²) in [6.45, 7) is 4.10. The van der Waals surface area contributed by atoms with Crippen molar-refractivity contribution in [2.45, 2.75) is 30.5 Å². The van der Waals surface area contributed by atoms with Gasteiger partial charge < -0.3 is 4.98 Å². The highest BCUT2D eigenvalue weighted by molar-refractivity contribution is 7.99. The number of aromatic nitrogens is 4. The number of imidazole rings is 1. The van der Waals surface area contributed by atoms with Gasteiger partial charge in [-0.2, -0.15) is 0 Å². The largest absolute Gasteiger partial charge is 0.333 e. The summed E-state index contributed by atoms with van der Waals surface area (Å²) in [5.74, 6) is 0. The number of halogens is 1. The maximum absolute atomic E-state index is 6.10. The maximum atomic E-state index is 6.10. The summed E-state index contributed by atoms with van der Waals surface area (Å²) >= 11 is 7.58. The fourth-order valence-corrected chi connectivity index (χ4v) is 3.28. The first-order chi connectivity index (χ1) is 9.67. The molecule has 0 aliphatic heterocycles. The van der Waals surface area contributed by atoms with Crippen LogP contribution in [0.3, 0.4) is 0 Å². The summed E-state index contributed by atoms with van der Waals surface area (Å²) in [6, 6.07) is 6.15. The number of benzene rings is 1. The number of H-pyrrole nitrogens is 1. The van der Waals surface area contributed by atoms with E-state index in [2.05, 4.69) is 39.0 Å². The summed E-state index contributed by atoms with van der Waals surface area (Å²) in [4.78, 5) is 16.2. The van der Waals surface area contributed by atoms with Crippen LogP contribution in [0.5, 0.6) is 0 Å². The van der Waals surface area contributed by atoms with Crippen LogP contribution in [-0.4, -0.2) is 19.9 Å². The molecule has 0 aliphatic carbocycles. The predicted octanol–water partition coefficient (Wildman–Crippen LogP) is 4.03. The van der Waals surface area contributed by atoms with Crippen LogP contribution in [0.25, 0.3) is 11.0 Å². The van der Waals surface area contributed by atoms with Gasteiger partial charge in [0.1, 0.15) is 16.5 Å². The summed E-state index contributed by atoms with van der Waals surface area (Å²) in [7, 11) is 0. The van der Waals surface area contributed by atoms with E-state index in [1.54, 1.807) is 0 Å². The Hall–Kier alpha value is -1.59. The van der Waals surface area contributed by atoms with Crippen molar-refractivity contribution in [1.29, 1.82) is 0 Å². The number of fused-ring (bicyclic) bond motifs is 1. The van der Waals surface area contributed by atoms with E-state index in [1.165, 1.54) is 23.7 Å². The smallest absolute Gasteiger partial charge is 0.172 e. The minimum Gasteiger partial charge on any atom is -0.333 e. The first-order valence-electron chi connectivity index (χ1n) is 6.31. The Kier molecular flexibility index (Phi) is 3.63. The average Bonchev–Trinajstić information content (AvgIpc) is 2.80. The molecule has 1 N–H and O–H groups in total. The molecule has 20 heavy (non-hydrogen) atoms. The number of aromatic amines is 1. The molecular weight excluding hydrogens is 292 g/mol. The molecule has 2 heterocycles. The standard InChI is InChI=1S/C14H13ClN4S/c1-3-9-12(15)16-7-17-13(9)20-14-18-10-5-4-8(2)6-11(10)19-14/h4-7H,3H2,1-2H3,(H,18,19). The van der Waals surface area contributed by atoms with E-state index in [9.17, 15) is 0 Å². The molecule has 102 valence electrons. The maximum Gasteiger partial charge on any atom is 0.172 e. The van der Waals surface area contributed by atoms with Crippen molar-refractivity contribution in [1.82, 2.24) is 19.9 Å². The minimum absolute atomic E-state index is 0.511. The third kappa shape index (κ3) is 2.51. The summed E-state index contributed by atoms with van der Waals surface area (Å²) < 4.78 is 0. The minimum atomic E-state index is 0.511. The third-order valence-electron chi connectivity index (χ3n) is 3.02. The zero-order valence-corrected chi connectivity index (χ0v) is 12.7. The molecule has 0 spiro atoms. The van der Waals surface area contributed by atoms with Crippen LogP contribution >= 0.6 is 23.4 Å². The number of hydrogen-bond acceptors (Lipinski definition) is 4. The normalized spacial score (nSPS) is 11.2. The van der Waals surface area contributed by atoms with Gasteiger partial charge in [0.05, 0.1) is 11.0 Å². The van der Waals surface area contributed by atoms with Crippen molar-refractivity contribution in [3.63, 3.8) is 0 Å². The zero-order chi connectivity index (χ0) is 14.1. The molecule has 6 heteroatoms. The fraction of sp³-hybridized carbons (Fsp3) is 0.214. The number of hydrogen-bond donors (Lipinski definition) is 1. The molecule has 0 saturated heterocycles. The second-order valence-electron chi connectivity index (χ2n) is 4.47. The molecule has 0 radical (unpaired) electrons. The van der Waals surface area contributed by atoms with Gasteiger partial charge in [-0.15, -0.1) is 0 Å². The van der Waals surface area contributed by atoms with E-state index < -0.39 is 0 Å². The molecule has 0 aliphatic rings. The van der Waals surface area contributed by atoms with Crippen LogP contribution < -0.4 is 0 Å². The van der Waals surface area contributed by atoms with E-state index in [0.717, 1.165) is 33.2 Å². The van der Waals surface area contributed by atoms with Gasteiger partial charge in [0, 0.05) is 5.56 Å². The Labute approximate surface area is 126 Å². The average molecular weight is 305 g/mol. The highest BCUT2D eigenvalue weighted by Gasteiger charge is 2.12. The molecule has 0 unspecified atom stereocenters. The van der Waals surface area contributed by atoms with Crippen molar-refractivity contribution in [2.75, 3.05) is 0 Å². The van der Waals surface area contributed by atoms with E-state index in [4.69, 9.17) is 11.6 Å². The number of nitrogens with one attached hydrogen (secondary N) is 1. The molecule has 0 fully saturated rings. The molecule has 3 rings (SSSR count). The molecule has 0 saturated carbocycles. The van der Waals surface area contributed by atoms with Crippen LogP contribution in [0.2, 0.25) is 5.15 Å². The predicted molar refractivity (Wildman–Crippen MR) is 81.4 cm³/mol. The Balaban J connectivity index is 1.99. The SMILES string of the molecule is CCc1c(Cl)ncnc1Sc1nc2ccc(C)cc2[nH]1. The summed E-state index contributed by atoms with van der Waals surface area (Å²) in [5, 5.41) is 2.18. The third-order valence-corrected chi connectivity index (χ3v) is 4.27. The monoisotopic (exact) mass is 304 g/mol. The lowest BCUT2D eigenvalue weighted by Crippen LogP contribution is -1.94. The highest BCUT2D eigenvalue weighted by atomic mass is 35.5. The lowest BCUT2D eigenvalue weighted by molar-refractivity contribution is 0.937. The van der Waals surface area contributed by atoms with Gasteiger partial charge in [0.25, 0.3) is 0 Å². The number of aryl methyl sites for hydroxylation is 1. The number of nitrogens with zero attached hydrogens (tertiary/aromatic N) is 3. The van der Waals surface area contributed by atoms with E-state index >= 15 is 0 Å². The first-order valence-corrected chi connectivity index (χ1v) is 7.50. The van der Waals surface area contributed by atoms with Gasteiger partial charge in [0.2, 0.25) is 0 Å². The van der Waals surface area contributed by atoms with E-state index in [1.807, 2.05) is 13.0 Å². The number of rotatable bonds is 3. The second kappa shape index (κ2) is 5.42. The highest BCUT2D eigenvalue weighted by Crippen LogP contribution is 2.30. The van der Waals surface area contributed by atoms with E-state index in [-0.39, 0.29) is 0 Å². The first kappa shape index (κ1) is 13.4. The molecule has 2 aromatic heterocycles. The van der Waals surface area contributed by atoms with Crippen molar-refractivity contribution in [3.8, 4) is 0 Å². The Bertz CT molecular complexity index is 769. The second-order valence-corrected chi connectivity index (χ2v) is 5.80. The molecule has 1 aromatic carbocycles. The summed E-state index contributed by atoms with van der Waals surface area (Å²) in [5.41, 5.74) is 4.15. The molecule has 0 atom stereocenters. The van der Waals surface area contributed by atoms with Gasteiger partial charge in [-0.3, -0.25) is 0 Å². The zero-order valence-electron chi connectivity index (χ0n) is 11.1. The van der Waals surface area contributed by atoms with Crippen LogP contribution in [0.1, 0.15) is 18.1 Å². The Morgan fingerprint density at radius 1 is 1.30 bits per heavy atom. The summed E-state index contributed by atoms with van der Waals surface area (Å²) in [6.07, 6.45) is 2.28. The molecule has 3 aromatic rings. The van der Waals surface area contributed by atoms with Gasteiger partial charge >= 0.3 is 0 Å². The van der Waals surface area contributed by atoms with Gasteiger partial charge in [-0.1, -0.05) is 24.6 Å². The van der Waals surface area contributed by atoms with Gasteiger partial charge in [-0.25, -0.2) is 15.0 Å². The van der Waals surface area contributed by atoms with Crippen LogP contribution in [0.4, 0.5) is 0 Å². The van der Waals surface area contributed by atoms with Crippen molar-refractivity contribution < 1.29 is 0 Å². The van der Waals surface area contributed by atoms with Gasteiger partial charge in [-0.05, 0) is 42.8 Å². The Morgan fingerprint density at radius 2 is 2.15 bits per heavy atom. The fourth-order valence-electron chi connectivity index (χ4n) is 2.00. The van der Waals surface area contributed by atoms with Crippen LogP contribution in [0, 0.1) is 6.92 Å². The lowest BCUT2D eigenvalue weighted by Gasteiger charge is -2.04. The topological polar surface area (TPSA) is 54.5 Å². The molecular formula is C14H13ClN4S. The molecule has 0 bridgehead atoms. The van der Waals surface area contributed by atoms with Crippen LogP contribution in [0.15, 0.2) is 34.7 Å². The van der Waals surface area contributed by atoms with E-state index in [0.29, 0.717) is 5.15 Å². The quantitative estimate of drug-likeness (QED) is 0.742. The molecule has 4 nitrogen and oxygen atoms in total. The molecule has 0 amide bonds.